The Bertz CT molecular complexity index is 653. The average Bonchev–Trinajstić information content (AvgIpc) is 2.56. The first-order chi connectivity index (χ1) is 11.4. The minimum Gasteiger partial charge on any atom is -0.329 e. The SMILES string of the molecule is CCCCN(C(=O)NC(C)(C)c1ccc(Br)cc1)c1ccccc1. The van der Waals surface area contributed by atoms with Gasteiger partial charge in [-0.15, -0.1) is 0 Å². The van der Waals surface area contributed by atoms with E-state index in [0.717, 1.165) is 28.6 Å². The Labute approximate surface area is 153 Å². The smallest absolute Gasteiger partial charge is 0.322 e. The number of nitrogens with one attached hydrogen (secondary N) is 1. The second-order valence-corrected chi connectivity index (χ2v) is 7.32. The molecule has 0 fully saturated rings. The van der Waals surface area contributed by atoms with Gasteiger partial charge < -0.3 is 5.32 Å². The molecule has 0 aliphatic heterocycles. The van der Waals surface area contributed by atoms with Crippen LogP contribution in [0, 0.1) is 0 Å². The van der Waals surface area contributed by atoms with E-state index in [1.54, 1.807) is 0 Å². The number of hydrogen-bond donors (Lipinski definition) is 1. The lowest BCUT2D eigenvalue weighted by Gasteiger charge is -2.31. The van der Waals surface area contributed by atoms with E-state index in [1.165, 1.54) is 0 Å². The third-order valence-corrected chi connectivity index (χ3v) is 4.56. The summed E-state index contributed by atoms with van der Waals surface area (Å²) < 4.78 is 1.03. The van der Waals surface area contributed by atoms with Crippen LogP contribution in [0.5, 0.6) is 0 Å². The minimum atomic E-state index is -0.447. The molecule has 3 nitrogen and oxygen atoms in total. The maximum Gasteiger partial charge on any atom is 0.322 e. The highest BCUT2D eigenvalue weighted by Gasteiger charge is 2.26. The van der Waals surface area contributed by atoms with Crippen molar-refractivity contribution in [3.05, 3.63) is 64.6 Å². The van der Waals surface area contributed by atoms with Crippen LogP contribution in [0.15, 0.2) is 59.1 Å². The van der Waals surface area contributed by atoms with Crippen molar-refractivity contribution < 1.29 is 4.79 Å². The standard InChI is InChI=1S/C20H25BrN2O/c1-4-5-15-23(18-9-7-6-8-10-18)19(24)22-20(2,3)16-11-13-17(21)14-12-16/h6-14H,4-5,15H2,1-3H3,(H,22,24). The summed E-state index contributed by atoms with van der Waals surface area (Å²) in [6.45, 7) is 6.89. The summed E-state index contributed by atoms with van der Waals surface area (Å²) >= 11 is 3.45. The first-order valence-corrected chi connectivity index (χ1v) is 9.14. The molecule has 2 amide bonds. The number of hydrogen-bond acceptors (Lipinski definition) is 1. The van der Waals surface area contributed by atoms with Gasteiger partial charge >= 0.3 is 6.03 Å². The first kappa shape index (κ1) is 18.5. The molecule has 4 heteroatoms. The van der Waals surface area contributed by atoms with E-state index in [0.29, 0.717) is 6.54 Å². The van der Waals surface area contributed by atoms with Gasteiger partial charge in [0.15, 0.2) is 0 Å². The van der Waals surface area contributed by atoms with E-state index >= 15 is 0 Å². The summed E-state index contributed by atoms with van der Waals surface area (Å²) in [5.74, 6) is 0. The van der Waals surface area contributed by atoms with Crippen molar-refractivity contribution in [3.8, 4) is 0 Å². The van der Waals surface area contributed by atoms with Gasteiger partial charge in [-0.1, -0.05) is 59.6 Å². The average molecular weight is 389 g/mol. The quantitative estimate of drug-likeness (QED) is 0.675. The molecule has 0 spiro atoms. The van der Waals surface area contributed by atoms with Gasteiger partial charge in [-0.3, -0.25) is 4.90 Å². The fourth-order valence-electron chi connectivity index (χ4n) is 2.55. The Hall–Kier alpha value is -1.81. The van der Waals surface area contributed by atoms with E-state index < -0.39 is 5.54 Å². The van der Waals surface area contributed by atoms with Crippen molar-refractivity contribution in [2.45, 2.75) is 39.2 Å². The van der Waals surface area contributed by atoms with Crippen molar-refractivity contribution in [3.63, 3.8) is 0 Å². The third-order valence-electron chi connectivity index (χ3n) is 4.03. The van der Waals surface area contributed by atoms with E-state index in [1.807, 2.05) is 73.3 Å². The molecule has 0 aromatic heterocycles. The van der Waals surface area contributed by atoms with E-state index in [9.17, 15) is 4.79 Å². The molecule has 2 rings (SSSR count). The molecular formula is C20H25BrN2O. The highest BCUT2D eigenvalue weighted by Crippen LogP contribution is 2.23. The van der Waals surface area contributed by atoms with Crippen LogP contribution in [0.3, 0.4) is 0 Å². The number of urea groups is 1. The summed E-state index contributed by atoms with van der Waals surface area (Å²) in [5.41, 5.74) is 1.55. The summed E-state index contributed by atoms with van der Waals surface area (Å²) in [4.78, 5) is 14.7. The maximum atomic E-state index is 12.9. The van der Waals surface area contributed by atoms with Gasteiger partial charge in [-0.05, 0) is 50.1 Å². The number of amides is 2. The van der Waals surface area contributed by atoms with Crippen molar-refractivity contribution in [2.24, 2.45) is 0 Å². The molecule has 128 valence electrons. The van der Waals surface area contributed by atoms with Crippen LogP contribution in [0.25, 0.3) is 0 Å². The molecule has 2 aromatic rings. The number of anilines is 1. The lowest BCUT2D eigenvalue weighted by Crippen LogP contribution is -2.49. The van der Waals surface area contributed by atoms with E-state index in [4.69, 9.17) is 0 Å². The summed E-state index contributed by atoms with van der Waals surface area (Å²) in [6.07, 6.45) is 2.02. The van der Waals surface area contributed by atoms with Crippen molar-refractivity contribution in [1.82, 2.24) is 5.32 Å². The number of carbonyl (C=O) groups is 1. The van der Waals surface area contributed by atoms with Crippen LogP contribution in [-0.2, 0) is 5.54 Å². The first-order valence-electron chi connectivity index (χ1n) is 8.35. The number of rotatable bonds is 6. The van der Waals surface area contributed by atoms with Crippen LogP contribution < -0.4 is 10.2 Å². The number of unbranched alkanes of at least 4 members (excludes halogenated alkanes) is 1. The van der Waals surface area contributed by atoms with Crippen LogP contribution in [-0.4, -0.2) is 12.6 Å². The largest absolute Gasteiger partial charge is 0.329 e. The molecule has 0 aliphatic rings. The Balaban J connectivity index is 2.18. The van der Waals surface area contributed by atoms with Gasteiger partial charge in [0.05, 0.1) is 5.54 Å². The fraction of sp³-hybridized carbons (Fsp3) is 0.350. The molecule has 0 saturated carbocycles. The molecule has 2 aromatic carbocycles. The zero-order chi connectivity index (χ0) is 17.6. The predicted molar refractivity (Wildman–Crippen MR) is 104 cm³/mol. The number of halogens is 1. The molecule has 24 heavy (non-hydrogen) atoms. The lowest BCUT2D eigenvalue weighted by molar-refractivity contribution is 0.235. The summed E-state index contributed by atoms with van der Waals surface area (Å²) in [5, 5.41) is 3.17. The van der Waals surface area contributed by atoms with Crippen molar-refractivity contribution in [1.29, 1.82) is 0 Å². The predicted octanol–water partition coefficient (Wildman–Crippen LogP) is 5.70. The molecule has 0 unspecified atom stereocenters. The van der Waals surface area contributed by atoms with E-state index in [-0.39, 0.29) is 6.03 Å². The van der Waals surface area contributed by atoms with Gasteiger partial charge in [-0.2, -0.15) is 0 Å². The van der Waals surface area contributed by atoms with Crippen molar-refractivity contribution >= 4 is 27.6 Å². The second-order valence-electron chi connectivity index (χ2n) is 6.40. The molecular weight excluding hydrogens is 364 g/mol. The van der Waals surface area contributed by atoms with Gasteiger partial charge in [0, 0.05) is 16.7 Å². The van der Waals surface area contributed by atoms with E-state index in [2.05, 4.69) is 28.2 Å². The highest BCUT2D eigenvalue weighted by atomic mass is 79.9. The van der Waals surface area contributed by atoms with Crippen LogP contribution >= 0.6 is 15.9 Å². The number of para-hydroxylation sites is 1. The topological polar surface area (TPSA) is 32.3 Å². The maximum absolute atomic E-state index is 12.9. The Morgan fingerprint density at radius 1 is 1.08 bits per heavy atom. The van der Waals surface area contributed by atoms with Crippen LogP contribution in [0.2, 0.25) is 0 Å². The van der Waals surface area contributed by atoms with Crippen LogP contribution in [0.1, 0.15) is 39.2 Å². The zero-order valence-electron chi connectivity index (χ0n) is 14.6. The number of benzene rings is 2. The molecule has 0 atom stereocenters. The summed E-state index contributed by atoms with van der Waals surface area (Å²) in [7, 11) is 0. The molecule has 0 bridgehead atoms. The summed E-state index contributed by atoms with van der Waals surface area (Å²) in [6, 6.07) is 17.8. The van der Waals surface area contributed by atoms with Crippen molar-refractivity contribution in [2.75, 3.05) is 11.4 Å². The number of nitrogens with zero attached hydrogens (tertiary/aromatic N) is 1. The zero-order valence-corrected chi connectivity index (χ0v) is 16.1. The Morgan fingerprint density at radius 3 is 2.29 bits per heavy atom. The molecule has 1 N–H and O–H groups in total. The molecule has 0 saturated heterocycles. The van der Waals surface area contributed by atoms with Crippen LogP contribution in [0.4, 0.5) is 10.5 Å². The van der Waals surface area contributed by atoms with Gasteiger partial charge in [0.1, 0.15) is 0 Å². The monoisotopic (exact) mass is 388 g/mol. The van der Waals surface area contributed by atoms with Gasteiger partial charge in [0.25, 0.3) is 0 Å². The Morgan fingerprint density at radius 2 is 1.71 bits per heavy atom. The fourth-order valence-corrected chi connectivity index (χ4v) is 2.81. The minimum absolute atomic E-state index is 0.0671. The normalized spacial score (nSPS) is 11.2. The van der Waals surface area contributed by atoms with Gasteiger partial charge in [-0.25, -0.2) is 4.79 Å². The second kappa shape index (κ2) is 8.34. The van der Waals surface area contributed by atoms with Gasteiger partial charge in [0.2, 0.25) is 0 Å². The third kappa shape index (κ3) is 4.84. The Kier molecular flexibility index (Phi) is 6.44. The molecule has 0 heterocycles. The molecule has 0 aliphatic carbocycles. The number of carbonyl (C=O) groups excluding carboxylic acids is 1. The highest BCUT2D eigenvalue weighted by molar-refractivity contribution is 9.10. The molecule has 0 radical (unpaired) electrons. The lowest BCUT2D eigenvalue weighted by atomic mass is 9.94.